The van der Waals surface area contributed by atoms with Crippen molar-refractivity contribution in [2.24, 2.45) is 0 Å². The van der Waals surface area contributed by atoms with Crippen molar-refractivity contribution in [2.75, 3.05) is 32.8 Å². The van der Waals surface area contributed by atoms with E-state index >= 15 is 0 Å². The van der Waals surface area contributed by atoms with E-state index in [0.29, 0.717) is 42.3 Å². The molecule has 31 heavy (non-hydrogen) atoms. The van der Waals surface area contributed by atoms with Crippen molar-refractivity contribution in [3.8, 4) is 5.75 Å². The zero-order valence-corrected chi connectivity index (χ0v) is 17.9. The third kappa shape index (κ3) is 6.96. The molecule has 2 heterocycles. The summed E-state index contributed by atoms with van der Waals surface area (Å²) < 4.78 is 5.65. The summed E-state index contributed by atoms with van der Waals surface area (Å²) in [6.07, 6.45) is 4.74. The van der Waals surface area contributed by atoms with Crippen molar-refractivity contribution in [1.82, 2.24) is 20.5 Å². The molecule has 9 heteroatoms. The fourth-order valence-corrected chi connectivity index (χ4v) is 3.37. The molecule has 0 aliphatic carbocycles. The van der Waals surface area contributed by atoms with E-state index in [1.165, 1.54) is 4.90 Å². The van der Waals surface area contributed by atoms with Gasteiger partial charge in [-0.05, 0) is 42.7 Å². The summed E-state index contributed by atoms with van der Waals surface area (Å²) in [5.74, 6) is -0.269. The van der Waals surface area contributed by atoms with E-state index in [0.717, 1.165) is 5.56 Å². The number of benzene rings is 1. The number of carbonyl (C=O) groups excluding carboxylic acids is 3. The number of carbonyl (C=O) groups is 3. The molecule has 1 aliphatic heterocycles. The monoisotopic (exact) mass is 444 g/mol. The molecule has 3 amide bonds. The van der Waals surface area contributed by atoms with Gasteiger partial charge in [0.05, 0.1) is 18.7 Å². The molecule has 1 aliphatic rings. The summed E-state index contributed by atoms with van der Waals surface area (Å²) in [5, 5.41) is 6.01. The number of aryl methyl sites for hydroxylation is 1. The molecule has 0 bridgehead atoms. The Bertz CT molecular complexity index is 923. The van der Waals surface area contributed by atoms with Crippen LogP contribution in [-0.4, -0.2) is 60.4 Å². The highest BCUT2D eigenvalue weighted by atomic mass is 35.5. The van der Waals surface area contributed by atoms with Gasteiger partial charge in [-0.1, -0.05) is 17.7 Å². The summed E-state index contributed by atoms with van der Waals surface area (Å²) in [5.41, 5.74) is 1.30. The van der Waals surface area contributed by atoms with Gasteiger partial charge in [0, 0.05) is 36.9 Å². The largest absolute Gasteiger partial charge is 0.491 e. The molecule has 0 radical (unpaired) electrons. The molecule has 0 unspecified atom stereocenters. The van der Waals surface area contributed by atoms with Crippen LogP contribution in [0.2, 0.25) is 5.02 Å². The molecule has 2 N–H and O–H groups in total. The van der Waals surface area contributed by atoms with Gasteiger partial charge in [0.25, 0.3) is 5.91 Å². The van der Waals surface area contributed by atoms with Crippen molar-refractivity contribution >= 4 is 29.3 Å². The second-order valence-corrected chi connectivity index (χ2v) is 7.56. The maximum Gasteiger partial charge on any atom is 0.255 e. The second kappa shape index (κ2) is 11.3. The Balaban J connectivity index is 1.63. The molecule has 0 spiro atoms. The lowest BCUT2D eigenvalue weighted by atomic mass is 10.1. The SMILES string of the molecule is O=C1CN(C(=O)CCc2cccnc2)CCCNC(=O)c2cc(Cl)ccc2OCCN1. The molecule has 1 aromatic heterocycles. The van der Waals surface area contributed by atoms with Crippen LogP contribution in [0.15, 0.2) is 42.7 Å². The summed E-state index contributed by atoms with van der Waals surface area (Å²) in [4.78, 5) is 43.2. The van der Waals surface area contributed by atoms with Crippen LogP contribution < -0.4 is 15.4 Å². The van der Waals surface area contributed by atoms with Crippen molar-refractivity contribution in [2.45, 2.75) is 19.3 Å². The number of fused-ring (bicyclic) bond motifs is 1. The highest BCUT2D eigenvalue weighted by Crippen LogP contribution is 2.23. The van der Waals surface area contributed by atoms with Crippen molar-refractivity contribution in [3.05, 3.63) is 58.9 Å². The molecule has 8 nitrogen and oxygen atoms in total. The van der Waals surface area contributed by atoms with E-state index in [4.69, 9.17) is 16.3 Å². The molecule has 1 aromatic carbocycles. The van der Waals surface area contributed by atoms with Gasteiger partial charge in [0.2, 0.25) is 11.8 Å². The highest BCUT2D eigenvalue weighted by molar-refractivity contribution is 6.31. The lowest BCUT2D eigenvalue weighted by molar-refractivity contribution is -0.136. The van der Waals surface area contributed by atoms with Crippen LogP contribution in [0, 0.1) is 0 Å². The number of amides is 3. The molecule has 2 aromatic rings. The number of ether oxygens (including phenoxy) is 1. The normalized spacial score (nSPS) is 15.7. The first-order valence-corrected chi connectivity index (χ1v) is 10.5. The van der Waals surface area contributed by atoms with Gasteiger partial charge < -0.3 is 20.3 Å². The van der Waals surface area contributed by atoms with Crippen LogP contribution in [0.25, 0.3) is 0 Å². The lowest BCUT2D eigenvalue weighted by Crippen LogP contribution is -2.43. The van der Waals surface area contributed by atoms with E-state index in [1.54, 1.807) is 30.6 Å². The van der Waals surface area contributed by atoms with Crippen molar-refractivity contribution < 1.29 is 19.1 Å². The number of nitrogens with one attached hydrogen (secondary N) is 2. The third-order valence-electron chi connectivity index (χ3n) is 4.80. The van der Waals surface area contributed by atoms with Crippen molar-refractivity contribution in [1.29, 1.82) is 0 Å². The van der Waals surface area contributed by atoms with E-state index in [2.05, 4.69) is 15.6 Å². The van der Waals surface area contributed by atoms with E-state index in [1.807, 2.05) is 12.1 Å². The zero-order valence-electron chi connectivity index (χ0n) is 17.1. The predicted octanol–water partition coefficient (Wildman–Crippen LogP) is 1.82. The molecule has 0 fully saturated rings. The molecular weight excluding hydrogens is 420 g/mol. The minimum absolute atomic E-state index is 0.0357. The number of pyridine rings is 1. The molecule has 0 saturated heterocycles. The predicted molar refractivity (Wildman–Crippen MR) is 116 cm³/mol. The number of hydrogen-bond donors (Lipinski definition) is 2. The Kier molecular flexibility index (Phi) is 8.23. The summed E-state index contributed by atoms with van der Waals surface area (Å²) in [6.45, 7) is 1.10. The van der Waals surface area contributed by atoms with E-state index < -0.39 is 0 Å². The Morgan fingerprint density at radius 3 is 2.87 bits per heavy atom. The number of halogens is 1. The smallest absolute Gasteiger partial charge is 0.255 e. The number of rotatable bonds is 3. The topological polar surface area (TPSA) is 101 Å². The second-order valence-electron chi connectivity index (χ2n) is 7.12. The first kappa shape index (κ1) is 22.6. The molecule has 0 saturated carbocycles. The van der Waals surface area contributed by atoms with Gasteiger partial charge in [-0.25, -0.2) is 0 Å². The van der Waals surface area contributed by atoms with Crippen LogP contribution >= 0.6 is 11.6 Å². The van der Waals surface area contributed by atoms with Gasteiger partial charge in [-0.2, -0.15) is 0 Å². The van der Waals surface area contributed by atoms with Crippen LogP contribution in [-0.2, 0) is 16.0 Å². The highest BCUT2D eigenvalue weighted by Gasteiger charge is 2.19. The standard InChI is InChI=1S/C22H25ClN4O4/c23-17-5-6-19-18(13-17)22(30)26-9-2-11-27(15-20(28)25-10-12-31-19)21(29)7-4-16-3-1-8-24-14-16/h1,3,5-6,8,13-14H,2,4,7,9-12,15H2,(H,25,28)(H,26,30). The Labute approximate surface area is 185 Å². The van der Waals surface area contributed by atoms with Crippen LogP contribution in [0.1, 0.15) is 28.8 Å². The first-order valence-electron chi connectivity index (χ1n) is 10.2. The molecule has 0 atom stereocenters. The van der Waals surface area contributed by atoms with Gasteiger partial charge >= 0.3 is 0 Å². The average molecular weight is 445 g/mol. The quantitative estimate of drug-likeness (QED) is 0.752. The minimum Gasteiger partial charge on any atom is -0.491 e. The van der Waals surface area contributed by atoms with Crippen LogP contribution in [0.3, 0.4) is 0 Å². The van der Waals surface area contributed by atoms with Crippen molar-refractivity contribution in [3.63, 3.8) is 0 Å². The summed E-state index contributed by atoms with van der Waals surface area (Å²) >= 11 is 6.02. The van der Waals surface area contributed by atoms with Gasteiger partial charge in [-0.3, -0.25) is 19.4 Å². The van der Waals surface area contributed by atoms with Crippen LogP contribution in [0.4, 0.5) is 0 Å². The molecular formula is C22H25ClN4O4. The fourth-order valence-electron chi connectivity index (χ4n) is 3.20. The maximum absolute atomic E-state index is 12.7. The van der Waals surface area contributed by atoms with Crippen LogP contribution in [0.5, 0.6) is 5.75 Å². The fraction of sp³-hybridized carbons (Fsp3) is 0.364. The Morgan fingerprint density at radius 1 is 1.19 bits per heavy atom. The molecule has 164 valence electrons. The number of nitrogens with zero attached hydrogens (tertiary/aromatic N) is 2. The Hall–Kier alpha value is -3.13. The average Bonchev–Trinajstić information content (AvgIpc) is 2.77. The van der Waals surface area contributed by atoms with Gasteiger partial charge in [0.1, 0.15) is 12.4 Å². The van der Waals surface area contributed by atoms with E-state index in [-0.39, 0.29) is 43.8 Å². The molecule has 3 rings (SSSR count). The summed E-state index contributed by atoms with van der Waals surface area (Å²) in [6, 6.07) is 8.56. The lowest BCUT2D eigenvalue weighted by Gasteiger charge is -2.23. The van der Waals surface area contributed by atoms with E-state index in [9.17, 15) is 14.4 Å². The minimum atomic E-state index is -0.298. The van der Waals surface area contributed by atoms with Gasteiger partial charge in [0.15, 0.2) is 0 Å². The third-order valence-corrected chi connectivity index (χ3v) is 5.03. The van der Waals surface area contributed by atoms with Gasteiger partial charge in [-0.15, -0.1) is 0 Å². The maximum atomic E-state index is 12.7. The summed E-state index contributed by atoms with van der Waals surface area (Å²) in [7, 11) is 0. The number of aromatic nitrogens is 1. The Morgan fingerprint density at radius 2 is 2.06 bits per heavy atom. The first-order chi connectivity index (χ1) is 15.0. The zero-order chi connectivity index (χ0) is 22.1. The number of hydrogen-bond acceptors (Lipinski definition) is 5.